The first kappa shape index (κ1) is 21.9. The largest absolute Gasteiger partial charge is 0.493 e. The van der Waals surface area contributed by atoms with E-state index in [2.05, 4.69) is 48.3 Å². The van der Waals surface area contributed by atoms with Gasteiger partial charge in [-0.25, -0.2) is 0 Å². The molecule has 174 valence electrons. The molecule has 7 nitrogen and oxygen atoms in total. The molecule has 34 heavy (non-hydrogen) atoms. The quantitative estimate of drug-likeness (QED) is 0.544. The van der Waals surface area contributed by atoms with Gasteiger partial charge >= 0.3 is 0 Å². The zero-order valence-electron chi connectivity index (χ0n) is 19.6. The van der Waals surface area contributed by atoms with Crippen molar-refractivity contribution in [3.05, 3.63) is 70.1 Å². The van der Waals surface area contributed by atoms with Crippen molar-refractivity contribution < 1.29 is 14.2 Å². The predicted molar refractivity (Wildman–Crippen MR) is 129 cm³/mol. The summed E-state index contributed by atoms with van der Waals surface area (Å²) in [5.41, 5.74) is 12.2. The number of nitriles is 1. The molecule has 1 aromatic heterocycles. The zero-order valence-corrected chi connectivity index (χ0v) is 19.6. The number of hydrogen-bond acceptors (Lipinski definition) is 6. The van der Waals surface area contributed by atoms with Crippen LogP contribution in [-0.2, 0) is 0 Å². The molecule has 5 rings (SSSR count). The number of nitrogens with zero attached hydrogens (tertiary/aromatic N) is 2. The van der Waals surface area contributed by atoms with Gasteiger partial charge in [0.15, 0.2) is 11.5 Å². The van der Waals surface area contributed by atoms with Crippen molar-refractivity contribution >= 4 is 0 Å². The number of benzene rings is 2. The van der Waals surface area contributed by atoms with E-state index in [9.17, 15) is 5.26 Å². The number of allylic oxidation sites excluding steroid dienone is 1. The van der Waals surface area contributed by atoms with Crippen LogP contribution in [0.3, 0.4) is 0 Å². The molecule has 3 N–H and O–H groups in total. The van der Waals surface area contributed by atoms with Crippen molar-refractivity contribution in [2.24, 2.45) is 5.73 Å². The van der Waals surface area contributed by atoms with E-state index in [1.165, 1.54) is 18.4 Å². The van der Waals surface area contributed by atoms with Crippen LogP contribution in [0.1, 0.15) is 53.9 Å². The molecule has 0 bridgehead atoms. The molecule has 1 aliphatic heterocycles. The summed E-state index contributed by atoms with van der Waals surface area (Å²) in [6.07, 6.45) is 4.70. The fraction of sp³-hybridized carbons (Fsp3) is 0.333. The lowest BCUT2D eigenvalue weighted by Gasteiger charge is -2.25. The highest BCUT2D eigenvalue weighted by Gasteiger charge is 2.36. The Morgan fingerprint density at radius 2 is 1.91 bits per heavy atom. The van der Waals surface area contributed by atoms with E-state index in [0.717, 1.165) is 40.8 Å². The van der Waals surface area contributed by atoms with Gasteiger partial charge in [-0.3, -0.25) is 5.10 Å². The summed E-state index contributed by atoms with van der Waals surface area (Å²) in [5, 5.41) is 17.5. The number of methoxy groups -OCH3 is 1. The number of fused-ring (bicyclic) bond motifs is 1. The van der Waals surface area contributed by atoms with E-state index in [0.29, 0.717) is 23.0 Å². The number of ether oxygens (including phenoxy) is 3. The van der Waals surface area contributed by atoms with Crippen LogP contribution in [0.5, 0.6) is 17.4 Å². The van der Waals surface area contributed by atoms with E-state index in [-0.39, 0.29) is 12.0 Å². The highest BCUT2D eigenvalue weighted by Crippen LogP contribution is 2.47. The lowest BCUT2D eigenvalue weighted by atomic mass is 9.82. The van der Waals surface area contributed by atoms with Crippen molar-refractivity contribution in [3.8, 4) is 34.7 Å². The molecule has 2 aromatic carbocycles. The number of nitrogens with two attached hydrogens (primary N) is 1. The molecule has 3 aromatic rings. The second-order valence-corrected chi connectivity index (χ2v) is 9.00. The van der Waals surface area contributed by atoms with Gasteiger partial charge < -0.3 is 19.9 Å². The van der Waals surface area contributed by atoms with E-state index < -0.39 is 5.92 Å². The molecule has 1 saturated carbocycles. The number of rotatable bonds is 5. The Morgan fingerprint density at radius 1 is 1.12 bits per heavy atom. The van der Waals surface area contributed by atoms with Crippen LogP contribution in [-0.4, -0.2) is 23.4 Å². The lowest BCUT2D eigenvalue weighted by Crippen LogP contribution is -2.21. The third-order valence-corrected chi connectivity index (χ3v) is 6.71. The second kappa shape index (κ2) is 8.79. The molecule has 7 heteroatoms. The summed E-state index contributed by atoms with van der Waals surface area (Å²) in [5.74, 6) is 1.32. The molecule has 0 radical (unpaired) electrons. The minimum Gasteiger partial charge on any atom is -0.493 e. The highest BCUT2D eigenvalue weighted by atomic mass is 16.5. The number of hydrogen-bond donors (Lipinski definition) is 2. The topological polar surface area (TPSA) is 106 Å². The Bertz CT molecular complexity index is 1310. The maximum atomic E-state index is 10.0. The minimum absolute atomic E-state index is 0.0592. The molecule has 1 atom stereocenters. The van der Waals surface area contributed by atoms with Crippen LogP contribution in [0.25, 0.3) is 11.3 Å². The minimum atomic E-state index is -0.461. The van der Waals surface area contributed by atoms with E-state index in [1.807, 2.05) is 18.2 Å². The van der Waals surface area contributed by atoms with Gasteiger partial charge in [-0.1, -0.05) is 29.8 Å². The van der Waals surface area contributed by atoms with Gasteiger partial charge in [-0.05, 0) is 62.8 Å². The maximum Gasteiger partial charge on any atom is 0.244 e. The molecule has 2 heterocycles. The summed E-state index contributed by atoms with van der Waals surface area (Å²) in [4.78, 5) is 0. The highest BCUT2D eigenvalue weighted by molar-refractivity contribution is 5.73. The zero-order chi connectivity index (χ0) is 23.8. The maximum absolute atomic E-state index is 10.0. The average molecular weight is 457 g/mol. The molecule has 0 saturated heterocycles. The Morgan fingerprint density at radius 3 is 2.62 bits per heavy atom. The first-order valence-corrected chi connectivity index (χ1v) is 11.6. The van der Waals surface area contributed by atoms with Gasteiger partial charge in [0.25, 0.3) is 0 Å². The van der Waals surface area contributed by atoms with Crippen molar-refractivity contribution in [1.29, 1.82) is 5.26 Å². The van der Waals surface area contributed by atoms with Gasteiger partial charge in [-0.15, -0.1) is 5.10 Å². The first-order valence-electron chi connectivity index (χ1n) is 11.6. The Hall–Kier alpha value is -3.92. The van der Waals surface area contributed by atoms with E-state index >= 15 is 0 Å². The number of H-pyrrole nitrogens is 1. The monoisotopic (exact) mass is 456 g/mol. The summed E-state index contributed by atoms with van der Waals surface area (Å²) in [6.45, 7) is 4.12. The fourth-order valence-corrected chi connectivity index (χ4v) is 5.02. The summed E-state index contributed by atoms with van der Waals surface area (Å²) in [7, 11) is 1.63. The van der Waals surface area contributed by atoms with Gasteiger partial charge in [-0.2, -0.15) is 5.26 Å². The molecule has 2 aliphatic rings. The molecular formula is C27H28N4O3. The molecule has 0 spiro atoms. The van der Waals surface area contributed by atoms with Crippen molar-refractivity contribution in [2.75, 3.05) is 7.11 Å². The van der Waals surface area contributed by atoms with Gasteiger partial charge in [0.2, 0.25) is 11.8 Å². The third kappa shape index (κ3) is 3.75. The van der Waals surface area contributed by atoms with Crippen LogP contribution in [0.2, 0.25) is 0 Å². The van der Waals surface area contributed by atoms with E-state index in [1.54, 1.807) is 7.11 Å². The average Bonchev–Trinajstić information content (AvgIpc) is 3.48. The van der Waals surface area contributed by atoms with Crippen molar-refractivity contribution in [3.63, 3.8) is 0 Å². The normalized spacial score (nSPS) is 17.8. The number of aryl methyl sites for hydroxylation is 2. The van der Waals surface area contributed by atoms with Crippen LogP contribution in [0.4, 0.5) is 0 Å². The predicted octanol–water partition coefficient (Wildman–Crippen LogP) is 5.24. The Labute approximate surface area is 199 Å². The van der Waals surface area contributed by atoms with Gasteiger partial charge in [0.1, 0.15) is 11.6 Å². The number of nitrogens with one attached hydrogen (secondary N) is 1. The van der Waals surface area contributed by atoms with Crippen LogP contribution in [0, 0.1) is 25.2 Å². The van der Waals surface area contributed by atoms with Crippen LogP contribution in [0.15, 0.2) is 47.9 Å². The van der Waals surface area contributed by atoms with Crippen LogP contribution < -0.4 is 19.9 Å². The summed E-state index contributed by atoms with van der Waals surface area (Å²) < 4.78 is 17.7. The fourth-order valence-electron chi connectivity index (χ4n) is 5.02. The second-order valence-electron chi connectivity index (χ2n) is 9.00. The van der Waals surface area contributed by atoms with E-state index in [4.69, 9.17) is 19.9 Å². The third-order valence-electron chi connectivity index (χ3n) is 6.71. The lowest BCUT2D eigenvalue weighted by molar-refractivity contribution is 0.200. The molecule has 1 unspecified atom stereocenters. The SMILES string of the molecule is COc1cc(C2C(C#N)=C(N)Oc3n[nH]c(-c4ccc(C)cc4C)c32)ccc1OC1CCCC1. The standard InChI is InChI=1S/C27H28N4O3/c1-15-8-10-19(16(2)12-15)25-24-23(20(14-28)26(29)34-27(24)31-30-25)17-9-11-21(22(13-17)32-3)33-18-6-4-5-7-18/h8-13,18,23H,4-7,29H2,1-3H3,(H,30,31). The number of aromatic nitrogens is 2. The molecule has 1 aliphatic carbocycles. The van der Waals surface area contributed by atoms with Gasteiger partial charge in [0, 0.05) is 5.56 Å². The van der Waals surface area contributed by atoms with Crippen LogP contribution >= 0.6 is 0 Å². The molecular weight excluding hydrogens is 428 g/mol. The summed E-state index contributed by atoms with van der Waals surface area (Å²) in [6, 6.07) is 14.3. The Balaban J connectivity index is 1.63. The number of aromatic amines is 1. The smallest absolute Gasteiger partial charge is 0.244 e. The summed E-state index contributed by atoms with van der Waals surface area (Å²) >= 11 is 0. The molecule has 0 amide bonds. The van der Waals surface area contributed by atoms with Gasteiger partial charge in [0.05, 0.1) is 30.4 Å². The van der Waals surface area contributed by atoms with Crippen molar-refractivity contribution in [1.82, 2.24) is 10.2 Å². The Kier molecular flexibility index (Phi) is 5.66. The van der Waals surface area contributed by atoms with Crippen molar-refractivity contribution in [2.45, 2.75) is 51.6 Å². The first-order chi connectivity index (χ1) is 16.5. The molecule has 1 fully saturated rings.